The van der Waals surface area contributed by atoms with Gasteiger partial charge in [-0.3, -0.25) is 4.79 Å². The molecule has 0 unspecified atom stereocenters. The van der Waals surface area contributed by atoms with Gasteiger partial charge in [-0.15, -0.1) is 0 Å². The van der Waals surface area contributed by atoms with E-state index in [1.54, 1.807) is 11.9 Å². The Morgan fingerprint density at radius 2 is 2.40 bits per heavy atom. The zero-order valence-electron chi connectivity index (χ0n) is 8.69. The Balaban J connectivity index is 1.99. The highest BCUT2D eigenvalue weighted by Gasteiger charge is 2.20. The third-order valence-electron chi connectivity index (χ3n) is 2.57. The molecule has 2 rings (SSSR count). The van der Waals surface area contributed by atoms with Crippen LogP contribution in [0, 0.1) is 0 Å². The topological polar surface area (TPSA) is 66.6 Å². The number of hydrogen-bond acceptors (Lipinski definition) is 4. The van der Waals surface area contributed by atoms with Crippen molar-refractivity contribution in [2.75, 3.05) is 18.5 Å². The first-order chi connectivity index (χ1) is 7.16. The summed E-state index contributed by atoms with van der Waals surface area (Å²) < 4.78 is 5.54. The van der Waals surface area contributed by atoms with Crippen LogP contribution >= 0.6 is 0 Å². The molecule has 0 fully saturated rings. The summed E-state index contributed by atoms with van der Waals surface area (Å²) in [7, 11) is 1.80. The molecule has 15 heavy (non-hydrogen) atoms. The Morgan fingerprint density at radius 3 is 3.07 bits per heavy atom. The van der Waals surface area contributed by atoms with Gasteiger partial charge in [-0.05, 0) is 12.8 Å². The minimum atomic E-state index is -0.805. The van der Waals surface area contributed by atoms with Gasteiger partial charge < -0.3 is 14.4 Å². The van der Waals surface area contributed by atoms with Crippen molar-refractivity contribution in [2.45, 2.75) is 25.7 Å². The molecule has 0 aromatic carbocycles. The highest BCUT2D eigenvalue weighted by atomic mass is 16.4. The summed E-state index contributed by atoms with van der Waals surface area (Å²) in [5.74, 6) is 0.160. The molecule has 1 aromatic rings. The van der Waals surface area contributed by atoms with E-state index in [0.29, 0.717) is 12.6 Å². The molecule has 82 valence electrons. The van der Waals surface area contributed by atoms with Gasteiger partial charge >= 0.3 is 5.97 Å². The maximum absolute atomic E-state index is 10.4. The molecule has 1 heterocycles. The monoisotopic (exact) mass is 210 g/mol. The molecular weight excluding hydrogens is 196 g/mol. The Kier molecular flexibility index (Phi) is 2.62. The van der Waals surface area contributed by atoms with E-state index in [1.807, 2.05) is 0 Å². The fourth-order valence-electron chi connectivity index (χ4n) is 1.70. The molecule has 0 aliphatic heterocycles. The molecule has 1 aliphatic rings. The van der Waals surface area contributed by atoms with Crippen LogP contribution < -0.4 is 4.90 Å². The number of nitrogens with zero attached hydrogens (tertiary/aromatic N) is 2. The smallest absolute Gasteiger partial charge is 0.305 e. The van der Waals surface area contributed by atoms with Gasteiger partial charge in [0, 0.05) is 20.0 Å². The van der Waals surface area contributed by atoms with Crippen LogP contribution in [0.2, 0.25) is 0 Å². The summed E-state index contributed by atoms with van der Waals surface area (Å²) >= 11 is 0. The average molecular weight is 210 g/mol. The second-order valence-electron chi connectivity index (χ2n) is 3.79. The van der Waals surface area contributed by atoms with Crippen molar-refractivity contribution in [1.82, 2.24) is 4.98 Å². The number of carboxylic acid groups (broad SMARTS) is 1. The van der Waals surface area contributed by atoms with Crippen molar-refractivity contribution in [1.29, 1.82) is 0 Å². The van der Waals surface area contributed by atoms with Crippen LogP contribution in [0.4, 0.5) is 6.01 Å². The van der Waals surface area contributed by atoms with Crippen molar-refractivity contribution < 1.29 is 14.3 Å². The van der Waals surface area contributed by atoms with Crippen LogP contribution in [-0.4, -0.2) is 29.7 Å². The van der Waals surface area contributed by atoms with E-state index >= 15 is 0 Å². The summed E-state index contributed by atoms with van der Waals surface area (Å²) in [6.07, 6.45) is 3.14. The maximum atomic E-state index is 10.4. The lowest BCUT2D eigenvalue weighted by molar-refractivity contribution is -0.136. The van der Waals surface area contributed by atoms with Crippen LogP contribution in [0.15, 0.2) is 4.42 Å². The quantitative estimate of drug-likeness (QED) is 0.805. The number of carboxylic acids is 1. The number of aryl methyl sites for hydroxylation is 2. The lowest BCUT2D eigenvalue weighted by atomic mass is 10.4. The number of carbonyl (C=O) groups is 1. The second-order valence-corrected chi connectivity index (χ2v) is 3.79. The standard InChI is InChI=1S/C10H14N2O3/c1-12(6-5-9(13)14)10-11-7-3-2-4-8(7)15-10/h2-6H2,1H3,(H,13,14). The van der Waals surface area contributed by atoms with Crippen LogP contribution in [0.1, 0.15) is 24.3 Å². The fraction of sp³-hybridized carbons (Fsp3) is 0.600. The Bertz CT molecular complexity index is 351. The van der Waals surface area contributed by atoms with Crippen molar-refractivity contribution in [3.63, 3.8) is 0 Å². The minimum Gasteiger partial charge on any atom is -0.481 e. The summed E-state index contributed by atoms with van der Waals surface area (Å²) in [4.78, 5) is 16.5. The lowest BCUT2D eigenvalue weighted by Crippen LogP contribution is -2.21. The van der Waals surface area contributed by atoms with Gasteiger partial charge in [0.2, 0.25) is 0 Å². The van der Waals surface area contributed by atoms with E-state index in [2.05, 4.69) is 4.98 Å². The Hall–Kier alpha value is -1.52. The van der Waals surface area contributed by atoms with Gasteiger partial charge in [-0.25, -0.2) is 0 Å². The number of hydrogen-bond donors (Lipinski definition) is 1. The van der Waals surface area contributed by atoms with Gasteiger partial charge in [-0.2, -0.15) is 4.98 Å². The summed E-state index contributed by atoms with van der Waals surface area (Å²) in [5.41, 5.74) is 1.03. The molecule has 1 aliphatic carbocycles. The largest absolute Gasteiger partial charge is 0.481 e. The van der Waals surface area contributed by atoms with E-state index in [-0.39, 0.29) is 6.42 Å². The zero-order chi connectivity index (χ0) is 10.8. The highest BCUT2D eigenvalue weighted by Crippen LogP contribution is 2.26. The molecule has 0 amide bonds. The normalized spacial score (nSPS) is 13.9. The SMILES string of the molecule is CN(CCC(=O)O)c1nc2c(o1)CCC2. The minimum absolute atomic E-state index is 0.101. The highest BCUT2D eigenvalue weighted by molar-refractivity contribution is 5.67. The molecule has 0 saturated heterocycles. The fourth-order valence-corrected chi connectivity index (χ4v) is 1.70. The molecular formula is C10H14N2O3. The molecule has 0 spiro atoms. The molecule has 5 heteroatoms. The van der Waals surface area contributed by atoms with Crippen LogP contribution in [0.3, 0.4) is 0 Å². The zero-order valence-corrected chi connectivity index (χ0v) is 8.69. The third kappa shape index (κ3) is 2.11. The van der Waals surface area contributed by atoms with Gasteiger partial charge in [0.05, 0.1) is 12.1 Å². The first-order valence-corrected chi connectivity index (χ1v) is 5.08. The van der Waals surface area contributed by atoms with E-state index in [4.69, 9.17) is 9.52 Å². The Labute approximate surface area is 87.7 Å². The predicted octanol–water partition coefficient (Wildman–Crippen LogP) is 1.07. The number of rotatable bonds is 4. The number of anilines is 1. The molecule has 5 nitrogen and oxygen atoms in total. The first-order valence-electron chi connectivity index (χ1n) is 5.08. The van der Waals surface area contributed by atoms with Crippen molar-refractivity contribution in [3.05, 3.63) is 11.5 Å². The molecule has 1 N–H and O–H groups in total. The third-order valence-corrected chi connectivity index (χ3v) is 2.57. The van der Waals surface area contributed by atoms with E-state index < -0.39 is 5.97 Å². The lowest BCUT2D eigenvalue weighted by Gasteiger charge is -2.12. The molecule has 0 saturated carbocycles. The van der Waals surface area contributed by atoms with Crippen molar-refractivity contribution in [3.8, 4) is 0 Å². The average Bonchev–Trinajstić information content (AvgIpc) is 2.72. The number of aliphatic carboxylic acids is 1. The van der Waals surface area contributed by atoms with Crippen LogP contribution in [-0.2, 0) is 17.6 Å². The number of oxazole rings is 1. The van der Waals surface area contributed by atoms with Crippen molar-refractivity contribution >= 4 is 12.0 Å². The number of fused-ring (bicyclic) bond motifs is 1. The van der Waals surface area contributed by atoms with Crippen LogP contribution in [0.5, 0.6) is 0 Å². The second kappa shape index (κ2) is 3.92. The van der Waals surface area contributed by atoms with E-state index in [0.717, 1.165) is 30.7 Å². The van der Waals surface area contributed by atoms with E-state index in [1.165, 1.54) is 0 Å². The summed E-state index contributed by atoms with van der Waals surface area (Å²) in [5, 5.41) is 8.55. The van der Waals surface area contributed by atoms with Gasteiger partial charge in [0.25, 0.3) is 6.01 Å². The van der Waals surface area contributed by atoms with Crippen molar-refractivity contribution in [2.24, 2.45) is 0 Å². The molecule has 0 atom stereocenters. The summed E-state index contributed by atoms with van der Waals surface area (Å²) in [6.45, 7) is 0.425. The maximum Gasteiger partial charge on any atom is 0.305 e. The van der Waals surface area contributed by atoms with Crippen LogP contribution in [0.25, 0.3) is 0 Å². The van der Waals surface area contributed by atoms with Gasteiger partial charge in [0.1, 0.15) is 5.76 Å². The predicted molar refractivity (Wildman–Crippen MR) is 54.1 cm³/mol. The molecule has 0 radical (unpaired) electrons. The van der Waals surface area contributed by atoms with Gasteiger partial charge in [0.15, 0.2) is 0 Å². The number of aromatic nitrogens is 1. The van der Waals surface area contributed by atoms with E-state index in [9.17, 15) is 4.79 Å². The molecule has 1 aromatic heterocycles. The summed E-state index contributed by atoms with van der Waals surface area (Å²) in [6, 6.07) is 0.543. The molecule has 0 bridgehead atoms. The first kappa shape index (κ1) is 10.0. The Morgan fingerprint density at radius 1 is 1.60 bits per heavy atom. The van der Waals surface area contributed by atoms with Gasteiger partial charge in [-0.1, -0.05) is 0 Å².